The second-order valence-electron chi connectivity index (χ2n) is 6.39. The Kier molecular flexibility index (Phi) is 18.5. The quantitative estimate of drug-likeness (QED) is 0.351. The Balaban J connectivity index is 0. The molecule has 1 unspecified atom stereocenters. The lowest BCUT2D eigenvalue weighted by Crippen LogP contribution is -1.93. The number of aliphatic carboxylic acids is 1. The molecule has 0 bridgehead atoms. The molecule has 126 valence electrons. The number of rotatable bonds is 11. The van der Waals surface area contributed by atoms with Crippen molar-refractivity contribution in [1.29, 1.82) is 0 Å². The third-order valence-corrected chi connectivity index (χ3v) is 3.46. The Morgan fingerprint density at radius 1 is 1.00 bits per heavy atom. The van der Waals surface area contributed by atoms with Crippen molar-refractivity contribution in [3.05, 3.63) is 12.2 Å². The molecule has 1 N–H and O–H groups in total. The van der Waals surface area contributed by atoms with E-state index in [0.29, 0.717) is 6.42 Å². The maximum Gasteiger partial charge on any atom is 0.303 e. The van der Waals surface area contributed by atoms with Crippen molar-refractivity contribution >= 4 is 5.97 Å². The van der Waals surface area contributed by atoms with E-state index in [0.717, 1.165) is 24.7 Å². The molecule has 2 nitrogen and oxygen atoms in total. The van der Waals surface area contributed by atoms with Gasteiger partial charge in [0.05, 0.1) is 0 Å². The van der Waals surface area contributed by atoms with Crippen molar-refractivity contribution in [2.45, 2.75) is 92.4 Å². The predicted molar refractivity (Wildman–Crippen MR) is 93.7 cm³/mol. The topological polar surface area (TPSA) is 37.3 Å². The molecule has 0 amide bonds. The Morgan fingerprint density at radius 2 is 1.62 bits per heavy atom. The second kappa shape index (κ2) is 17.3. The van der Waals surface area contributed by atoms with Gasteiger partial charge in [-0.3, -0.25) is 4.79 Å². The average Bonchev–Trinajstić information content (AvgIpc) is 2.39. The van der Waals surface area contributed by atoms with Crippen molar-refractivity contribution < 1.29 is 9.90 Å². The van der Waals surface area contributed by atoms with Crippen LogP contribution in [0.4, 0.5) is 0 Å². The number of carboxylic acids is 1. The molecule has 0 heterocycles. The van der Waals surface area contributed by atoms with Crippen LogP contribution in [0.1, 0.15) is 92.4 Å². The second-order valence-corrected chi connectivity index (χ2v) is 6.39. The van der Waals surface area contributed by atoms with Gasteiger partial charge in [-0.25, -0.2) is 0 Å². The summed E-state index contributed by atoms with van der Waals surface area (Å²) in [5, 5.41) is 8.27. The van der Waals surface area contributed by atoms with E-state index in [4.69, 9.17) is 5.11 Å². The fraction of sp³-hybridized carbons (Fsp3) is 0.842. The highest BCUT2D eigenvalue weighted by Gasteiger charge is 1.98. The summed E-state index contributed by atoms with van der Waals surface area (Å²) in [5.74, 6) is 0.975. The van der Waals surface area contributed by atoms with Crippen molar-refractivity contribution in [3.8, 4) is 0 Å². The predicted octanol–water partition coefficient (Wildman–Crippen LogP) is 6.46. The van der Waals surface area contributed by atoms with Crippen LogP contribution in [-0.4, -0.2) is 11.1 Å². The number of hydrogen-bond acceptors (Lipinski definition) is 1. The number of carbonyl (C=O) groups is 1. The van der Waals surface area contributed by atoms with Gasteiger partial charge in [0.1, 0.15) is 0 Å². The van der Waals surface area contributed by atoms with Gasteiger partial charge in [-0.2, -0.15) is 0 Å². The fourth-order valence-electron chi connectivity index (χ4n) is 2.15. The van der Waals surface area contributed by atoms with Crippen LogP contribution in [-0.2, 0) is 4.79 Å². The molecule has 1 atom stereocenters. The average molecular weight is 299 g/mol. The van der Waals surface area contributed by atoms with Gasteiger partial charge in [0.15, 0.2) is 0 Å². The maximum atomic E-state index is 10.0. The molecule has 0 aliphatic rings. The minimum Gasteiger partial charge on any atom is -0.481 e. The van der Waals surface area contributed by atoms with Crippen LogP contribution in [0.15, 0.2) is 12.2 Å². The van der Waals surface area contributed by atoms with E-state index in [2.05, 4.69) is 46.8 Å². The van der Waals surface area contributed by atoms with Gasteiger partial charge in [0.2, 0.25) is 0 Å². The molecule has 0 aromatic heterocycles. The monoisotopic (exact) mass is 298 g/mol. The van der Waals surface area contributed by atoms with Gasteiger partial charge in [-0.1, -0.05) is 78.4 Å². The number of hydrogen-bond donors (Lipinski definition) is 1. The molecule has 0 spiro atoms. The van der Waals surface area contributed by atoms with Crippen LogP contribution in [0, 0.1) is 11.8 Å². The van der Waals surface area contributed by atoms with E-state index < -0.39 is 5.97 Å². The van der Waals surface area contributed by atoms with Gasteiger partial charge >= 0.3 is 5.97 Å². The Labute approximate surface area is 133 Å². The van der Waals surface area contributed by atoms with Crippen LogP contribution in [0.25, 0.3) is 0 Å². The van der Waals surface area contributed by atoms with Crippen LogP contribution < -0.4 is 0 Å². The first-order valence-electron chi connectivity index (χ1n) is 8.78. The lowest BCUT2D eigenvalue weighted by Gasteiger charge is -2.07. The third-order valence-electron chi connectivity index (χ3n) is 3.46. The molecule has 21 heavy (non-hydrogen) atoms. The minimum atomic E-state index is -0.670. The zero-order valence-electron chi connectivity index (χ0n) is 15.0. The van der Waals surface area contributed by atoms with E-state index in [1.54, 1.807) is 0 Å². The molecule has 0 saturated heterocycles. The highest BCUT2D eigenvalue weighted by molar-refractivity contribution is 5.66. The molecule has 0 saturated carbocycles. The van der Waals surface area contributed by atoms with Crippen LogP contribution in [0.2, 0.25) is 0 Å². The van der Waals surface area contributed by atoms with E-state index in [9.17, 15) is 4.79 Å². The summed E-state index contributed by atoms with van der Waals surface area (Å²) in [6.45, 7) is 11.1. The molecule has 0 aromatic carbocycles. The molecule has 2 heteroatoms. The van der Waals surface area contributed by atoms with Crippen molar-refractivity contribution in [2.24, 2.45) is 11.8 Å². The van der Waals surface area contributed by atoms with Crippen LogP contribution in [0.3, 0.4) is 0 Å². The van der Waals surface area contributed by atoms with Crippen molar-refractivity contribution in [2.75, 3.05) is 0 Å². The summed E-state index contributed by atoms with van der Waals surface area (Å²) in [7, 11) is 0. The molecule has 0 radical (unpaired) electrons. The van der Waals surface area contributed by atoms with Gasteiger partial charge in [0, 0.05) is 6.42 Å². The Bertz CT molecular complexity index is 244. The first-order chi connectivity index (χ1) is 9.93. The fourth-order valence-corrected chi connectivity index (χ4v) is 2.15. The SMILES string of the molecule is C/C=C/C(C)CCCC(C)C.CCCCCCCC(=O)O. The lowest BCUT2D eigenvalue weighted by atomic mass is 9.99. The van der Waals surface area contributed by atoms with Crippen LogP contribution >= 0.6 is 0 Å². The molecule has 0 aliphatic carbocycles. The van der Waals surface area contributed by atoms with E-state index in [1.807, 2.05) is 0 Å². The van der Waals surface area contributed by atoms with Crippen LogP contribution in [0.5, 0.6) is 0 Å². The smallest absolute Gasteiger partial charge is 0.303 e. The van der Waals surface area contributed by atoms with Gasteiger partial charge in [0.25, 0.3) is 0 Å². The maximum absolute atomic E-state index is 10.0. The summed E-state index contributed by atoms with van der Waals surface area (Å²) in [5.41, 5.74) is 0. The zero-order valence-corrected chi connectivity index (χ0v) is 15.0. The Hall–Kier alpha value is -0.790. The highest BCUT2D eigenvalue weighted by Crippen LogP contribution is 2.12. The molecular formula is C19H38O2. The summed E-state index contributed by atoms with van der Waals surface area (Å²) in [6.07, 6.45) is 14.4. The normalized spacial score (nSPS) is 12.3. The largest absolute Gasteiger partial charge is 0.481 e. The Morgan fingerprint density at radius 3 is 2.10 bits per heavy atom. The summed E-state index contributed by atoms with van der Waals surface area (Å²) < 4.78 is 0. The number of carboxylic acid groups (broad SMARTS) is 1. The van der Waals surface area contributed by atoms with Gasteiger partial charge in [-0.15, -0.1) is 0 Å². The van der Waals surface area contributed by atoms with E-state index >= 15 is 0 Å². The zero-order chi connectivity index (χ0) is 16.5. The van der Waals surface area contributed by atoms with Gasteiger partial charge in [-0.05, 0) is 31.6 Å². The van der Waals surface area contributed by atoms with E-state index in [1.165, 1.54) is 38.5 Å². The standard InChI is InChI=1S/C11H22.C8H16O2/c1-5-7-11(4)9-6-8-10(2)3;1-2-3-4-5-6-7-8(9)10/h5,7,10-11H,6,8-9H2,1-4H3;2-7H2,1H3,(H,9,10)/b7-5+;. The third kappa shape index (κ3) is 24.6. The number of allylic oxidation sites excluding steroid dienone is 2. The number of unbranched alkanes of at least 4 members (excludes halogenated alkanes) is 4. The van der Waals surface area contributed by atoms with E-state index in [-0.39, 0.29) is 0 Å². The molecule has 0 aliphatic heterocycles. The molecular weight excluding hydrogens is 260 g/mol. The summed E-state index contributed by atoms with van der Waals surface area (Å²) in [6, 6.07) is 0. The van der Waals surface area contributed by atoms with Crippen molar-refractivity contribution in [1.82, 2.24) is 0 Å². The van der Waals surface area contributed by atoms with Crippen molar-refractivity contribution in [3.63, 3.8) is 0 Å². The molecule has 0 rings (SSSR count). The van der Waals surface area contributed by atoms with Gasteiger partial charge < -0.3 is 5.11 Å². The summed E-state index contributed by atoms with van der Waals surface area (Å²) in [4.78, 5) is 10.0. The molecule has 0 aromatic rings. The highest BCUT2D eigenvalue weighted by atomic mass is 16.4. The summed E-state index contributed by atoms with van der Waals surface area (Å²) >= 11 is 0. The molecule has 0 fully saturated rings. The first-order valence-corrected chi connectivity index (χ1v) is 8.78. The minimum absolute atomic E-state index is 0.337. The lowest BCUT2D eigenvalue weighted by molar-refractivity contribution is -0.137. The first kappa shape index (κ1) is 22.5.